The first-order valence-corrected chi connectivity index (χ1v) is 8.47. The molecule has 1 heterocycles. The van der Waals surface area contributed by atoms with Gasteiger partial charge in [-0.2, -0.15) is 0 Å². The molecule has 0 saturated heterocycles. The van der Waals surface area contributed by atoms with Crippen LogP contribution in [0.25, 0.3) is 0 Å². The van der Waals surface area contributed by atoms with Crippen LogP contribution in [0.2, 0.25) is 0 Å². The molecule has 1 aliphatic rings. The summed E-state index contributed by atoms with van der Waals surface area (Å²) in [6, 6.07) is 11.1. The highest BCUT2D eigenvalue weighted by atomic mass is 16.4. The number of fused-ring (bicyclic) bond motifs is 1. The second-order valence-corrected chi connectivity index (χ2v) is 6.29. The summed E-state index contributed by atoms with van der Waals surface area (Å²) in [5.74, 6) is -2.07. The lowest BCUT2D eigenvalue weighted by atomic mass is 10.1. The van der Waals surface area contributed by atoms with Gasteiger partial charge in [0, 0.05) is 18.7 Å². The fourth-order valence-electron chi connectivity index (χ4n) is 2.94. The number of nitrogens with one attached hydrogen (secondary N) is 1. The Bertz CT molecular complexity index is 916. The first-order valence-electron chi connectivity index (χ1n) is 8.47. The number of imide groups is 1. The molecule has 3 rings (SSSR count). The molecule has 0 atom stereocenters. The maximum absolute atomic E-state index is 12.3. The number of anilines is 1. The minimum Gasteiger partial charge on any atom is -0.478 e. The number of carbonyl (C=O) groups excluding carboxylic acids is 3. The van der Waals surface area contributed by atoms with Crippen molar-refractivity contribution in [3.05, 3.63) is 64.7 Å². The van der Waals surface area contributed by atoms with Gasteiger partial charge < -0.3 is 10.4 Å². The predicted molar refractivity (Wildman–Crippen MR) is 97.8 cm³/mol. The van der Waals surface area contributed by atoms with E-state index in [4.69, 9.17) is 5.11 Å². The van der Waals surface area contributed by atoms with Gasteiger partial charge in [0.25, 0.3) is 11.8 Å². The first-order chi connectivity index (χ1) is 12.9. The molecule has 0 unspecified atom stereocenters. The van der Waals surface area contributed by atoms with Gasteiger partial charge in [0.15, 0.2) is 0 Å². The third-order valence-electron chi connectivity index (χ3n) is 4.42. The van der Waals surface area contributed by atoms with E-state index in [0.29, 0.717) is 23.2 Å². The topological polar surface area (TPSA) is 104 Å². The van der Waals surface area contributed by atoms with Crippen LogP contribution in [-0.4, -0.2) is 40.2 Å². The molecule has 1 aliphatic heterocycles. The smallest absolute Gasteiger partial charge is 0.335 e. The molecule has 0 aliphatic carbocycles. The first kappa shape index (κ1) is 18.3. The van der Waals surface area contributed by atoms with Gasteiger partial charge >= 0.3 is 5.97 Å². The molecule has 2 aromatic rings. The number of benzene rings is 2. The van der Waals surface area contributed by atoms with Crippen molar-refractivity contribution in [1.29, 1.82) is 0 Å². The van der Waals surface area contributed by atoms with E-state index >= 15 is 0 Å². The van der Waals surface area contributed by atoms with E-state index in [1.54, 1.807) is 37.3 Å². The van der Waals surface area contributed by atoms with Crippen LogP contribution in [0, 0.1) is 6.92 Å². The zero-order valence-corrected chi connectivity index (χ0v) is 14.7. The molecule has 0 spiro atoms. The van der Waals surface area contributed by atoms with Crippen molar-refractivity contribution in [1.82, 2.24) is 4.90 Å². The summed E-state index contributed by atoms with van der Waals surface area (Å²) in [5.41, 5.74) is 2.03. The van der Waals surface area contributed by atoms with Gasteiger partial charge in [0.1, 0.15) is 0 Å². The summed E-state index contributed by atoms with van der Waals surface area (Å²) in [6.45, 7) is 1.91. The maximum atomic E-state index is 12.3. The summed E-state index contributed by atoms with van der Waals surface area (Å²) < 4.78 is 0. The molecular weight excluding hydrogens is 348 g/mol. The number of amides is 3. The monoisotopic (exact) mass is 366 g/mol. The highest BCUT2D eigenvalue weighted by Crippen LogP contribution is 2.23. The quantitative estimate of drug-likeness (QED) is 0.765. The van der Waals surface area contributed by atoms with E-state index in [0.717, 1.165) is 10.5 Å². The van der Waals surface area contributed by atoms with E-state index in [9.17, 15) is 19.2 Å². The molecule has 27 heavy (non-hydrogen) atoms. The van der Waals surface area contributed by atoms with E-state index < -0.39 is 5.97 Å². The molecule has 2 N–H and O–H groups in total. The largest absolute Gasteiger partial charge is 0.478 e. The van der Waals surface area contributed by atoms with E-state index in [1.807, 2.05) is 0 Å². The second-order valence-electron chi connectivity index (χ2n) is 6.29. The molecule has 7 nitrogen and oxygen atoms in total. The van der Waals surface area contributed by atoms with Crippen LogP contribution in [-0.2, 0) is 4.79 Å². The SMILES string of the molecule is Cc1ccc(C(=O)O)cc1NC(=O)CCCN1C(=O)c2ccccc2C1=O. The van der Waals surface area contributed by atoms with Crippen molar-refractivity contribution in [2.45, 2.75) is 19.8 Å². The lowest BCUT2D eigenvalue weighted by Gasteiger charge is -2.14. The molecule has 0 fully saturated rings. The Morgan fingerprint density at radius 1 is 1.04 bits per heavy atom. The third-order valence-corrected chi connectivity index (χ3v) is 4.42. The van der Waals surface area contributed by atoms with Crippen LogP contribution in [0.15, 0.2) is 42.5 Å². The van der Waals surface area contributed by atoms with Crippen LogP contribution in [0.1, 0.15) is 49.5 Å². The molecule has 0 radical (unpaired) electrons. The van der Waals surface area contributed by atoms with Crippen molar-refractivity contribution < 1.29 is 24.3 Å². The van der Waals surface area contributed by atoms with Crippen molar-refractivity contribution >= 4 is 29.4 Å². The average molecular weight is 366 g/mol. The number of carbonyl (C=O) groups is 4. The maximum Gasteiger partial charge on any atom is 0.335 e. The van der Waals surface area contributed by atoms with Gasteiger partial charge in [-0.25, -0.2) is 4.79 Å². The molecule has 0 aromatic heterocycles. The standard InChI is InChI=1S/C20H18N2O5/c1-12-8-9-13(20(26)27)11-16(12)21-17(23)7-4-10-22-18(24)14-5-2-3-6-15(14)19(22)25/h2-3,5-6,8-9,11H,4,7,10H2,1H3,(H,21,23)(H,26,27). The minimum atomic E-state index is -1.07. The zero-order chi connectivity index (χ0) is 19.6. The van der Waals surface area contributed by atoms with E-state index in [2.05, 4.69) is 5.32 Å². The van der Waals surface area contributed by atoms with Crippen LogP contribution in [0.3, 0.4) is 0 Å². The molecule has 3 amide bonds. The van der Waals surface area contributed by atoms with Gasteiger partial charge in [-0.3, -0.25) is 19.3 Å². The molecule has 138 valence electrons. The Hall–Kier alpha value is -3.48. The Morgan fingerprint density at radius 3 is 2.26 bits per heavy atom. The van der Waals surface area contributed by atoms with Crippen LogP contribution in [0.4, 0.5) is 5.69 Å². The number of aromatic carboxylic acids is 1. The highest BCUT2D eigenvalue weighted by molar-refractivity contribution is 6.21. The molecular formula is C20H18N2O5. The summed E-state index contributed by atoms with van der Waals surface area (Å²) in [7, 11) is 0. The second kappa shape index (κ2) is 7.41. The van der Waals surface area contributed by atoms with Gasteiger partial charge in [0.2, 0.25) is 5.91 Å². The average Bonchev–Trinajstić information content (AvgIpc) is 2.88. The van der Waals surface area contributed by atoms with Gasteiger partial charge in [-0.15, -0.1) is 0 Å². The molecule has 7 heteroatoms. The van der Waals surface area contributed by atoms with Crippen molar-refractivity contribution in [2.75, 3.05) is 11.9 Å². The van der Waals surface area contributed by atoms with Gasteiger partial charge in [-0.1, -0.05) is 18.2 Å². The Morgan fingerprint density at radius 2 is 1.67 bits per heavy atom. The van der Waals surface area contributed by atoms with E-state index in [-0.39, 0.29) is 36.3 Å². The number of rotatable bonds is 6. The normalized spacial score (nSPS) is 12.9. The summed E-state index contributed by atoms with van der Waals surface area (Å²) in [4.78, 5) is 48.9. The molecule has 0 bridgehead atoms. The summed E-state index contributed by atoms with van der Waals surface area (Å²) in [5, 5.41) is 11.7. The van der Waals surface area contributed by atoms with Crippen LogP contribution < -0.4 is 5.32 Å². The zero-order valence-electron chi connectivity index (χ0n) is 14.7. The number of aryl methyl sites for hydroxylation is 1. The Labute approximate surface area is 155 Å². The number of carboxylic acids is 1. The number of carboxylic acid groups (broad SMARTS) is 1. The van der Waals surface area contributed by atoms with Crippen LogP contribution >= 0.6 is 0 Å². The Balaban J connectivity index is 1.57. The molecule has 0 saturated carbocycles. The fourth-order valence-corrected chi connectivity index (χ4v) is 2.94. The number of hydrogen-bond acceptors (Lipinski definition) is 4. The van der Waals surface area contributed by atoms with Crippen molar-refractivity contribution in [2.24, 2.45) is 0 Å². The summed E-state index contributed by atoms with van der Waals surface area (Å²) >= 11 is 0. The molecule has 2 aromatic carbocycles. The van der Waals surface area contributed by atoms with Gasteiger partial charge in [0.05, 0.1) is 16.7 Å². The summed E-state index contributed by atoms with van der Waals surface area (Å²) in [6.07, 6.45) is 0.416. The predicted octanol–water partition coefficient (Wildman–Crippen LogP) is 2.71. The lowest BCUT2D eigenvalue weighted by molar-refractivity contribution is -0.116. The van der Waals surface area contributed by atoms with Gasteiger partial charge in [-0.05, 0) is 43.2 Å². The van der Waals surface area contributed by atoms with Crippen molar-refractivity contribution in [3.63, 3.8) is 0 Å². The lowest BCUT2D eigenvalue weighted by Crippen LogP contribution is -2.31. The Kier molecular flexibility index (Phi) is 5.03. The third kappa shape index (κ3) is 3.72. The van der Waals surface area contributed by atoms with E-state index in [1.165, 1.54) is 12.1 Å². The van der Waals surface area contributed by atoms with Crippen molar-refractivity contribution in [3.8, 4) is 0 Å². The highest BCUT2D eigenvalue weighted by Gasteiger charge is 2.34. The number of hydrogen-bond donors (Lipinski definition) is 2. The van der Waals surface area contributed by atoms with Crippen LogP contribution in [0.5, 0.6) is 0 Å². The fraction of sp³-hybridized carbons (Fsp3) is 0.200. The number of nitrogens with zero attached hydrogens (tertiary/aromatic N) is 1. The minimum absolute atomic E-state index is 0.0851.